The van der Waals surface area contributed by atoms with Crippen LogP contribution in [0.1, 0.15) is 58.3 Å². The lowest BCUT2D eigenvalue weighted by Crippen LogP contribution is -2.19. The van der Waals surface area contributed by atoms with E-state index in [1.54, 1.807) is 0 Å². The molecule has 2 rings (SSSR count). The molecule has 2 nitrogen and oxygen atoms in total. The number of rotatable bonds is 3. The summed E-state index contributed by atoms with van der Waals surface area (Å²) < 4.78 is 5.20. The van der Waals surface area contributed by atoms with Crippen molar-refractivity contribution in [2.45, 2.75) is 53.9 Å². The Bertz CT molecular complexity index is 697. The first kappa shape index (κ1) is 16.5. The van der Waals surface area contributed by atoms with E-state index in [1.165, 1.54) is 36.5 Å². The van der Waals surface area contributed by atoms with Gasteiger partial charge in [-0.1, -0.05) is 31.6 Å². The number of hydrogen-bond acceptors (Lipinski definition) is 2. The zero-order chi connectivity index (χ0) is 16.3. The monoisotopic (exact) mass is 298 g/mol. The largest absolute Gasteiger partial charge is 0.423 e. The summed E-state index contributed by atoms with van der Waals surface area (Å²) in [6.45, 7) is 10.8. The van der Waals surface area contributed by atoms with Gasteiger partial charge in [0.1, 0.15) is 5.76 Å². The minimum atomic E-state index is -0.296. The molecule has 118 valence electrons. The van der Waals surface area contributed by atoms with Gasteiger partial charge in [0.05, 0.1) is 0 Å². The molecule has 0 bridgehead atoms. The topological polar surface area (TPSA) is 30.2 Å². The van der Waals surface area contributed by atoms with Crippen molar-refractivity contribution in [1.82, 2.24) is 0 Å². The van der Waals surface area contributed by atoms with Gasteiger partial charge in [0.15, 0.2) is 0 Å². The van der Waals surface area contributed by atoms with Crippen molar-refractivity contribution in [1.29, 1.82) is 0 Å². The average Bonchev–Trinajstić information content (AvgIpc) is 2.35. The fraction of sp³-hybridized carbons (Fsp3) is 0.450. The van der Waals surface area contributed by atoms with Crippen molar-refractivity contribution in [3.8, 4) is 0 Å². The van der Waals surface area contributed by atoms with E-state index in [2.05, 4.69) is 32.9 Å². The highest BCUT2D eigenvalue weighted by Crippen LogP contribution is 2.40. The van der Waals surface area contributed by atoms with Gasteiger partial charge in [-0.15, -0.1) is 0 Å². The zero-order valence-electron chi connectivity index (χ0n) is 14.3. The summed E-state index contributed by atoms with van der Waals surface area (Å²) in [6.07, 6.45) is 9.97. The van der Waals surface area contributed by atoms with Crippen molar-refractivity contribution in [2.24, 2.45) is 5.41 Å². The van der Waals surface area contributed by atoms with Crippen LogP contribution in [0.2, 0.25) is 0 Å². The van der Waals surface area contributed by atoms with Crippen LogP contribution in [0, 0.1) is 12.3 Å². The Morgan fingerprint density at radius 1 is 1.27 bits per heavy atom. The first-order valence-corrected chi connectivity index (χ1v) is 7.96. The Morgan fingerprint density at radius 3 is 2.64 bits per heavy atom. The number of hydrogen-bond donors (Lipinski definition) is 0. The second-order valence-electron chi connectivity index (χ2n) is 7.01. The molecule has 1 aromatic heterocycles. The van der Waals surface area contributed by atoms with Crippen LogP contribution in [0.15, 0.2) is 50.2 Å². The third-order valence-corrected chi connectivity index (χ3v) is 4.36. The second-order valence-corrected chi connectivity index (χ2v) is 7.01. The van der Waals surface area contributed by atoms with Crippen molar-refractivity contribution >= 4 is 6.08 Å². The lowest BCUT2D eigenvalue weighted by Gasteiger charge is -2.32. The van der Waals surface area contributed by atoms with Crippen molar-refractivity contribution in [2.75, 3.05) is 0 Å². The number of aryl methyl sites for hydroxylation is 1. The van der Waals surface area contributed by atoms with Gasteiger partial charge in [-0.25, -0.2) is 4.79 Å². The summed E-state index contributed by atoms with van der Waals surface area (Å²) >= 11 is 0. The molecule has 1 aliphatic carbocycles. The van der Waals surface area contributed by atoms with Crippen LogP contribution in [0.3, 0.4) is 0 Å². The van der Waals surface area contributed by atoms with Crippen LogP contribution in [-0.2, 0) is 0 Å². The van der Waals surface area contributed by atoms with Crippen LogP contribution in [-0.4, -0.2) is 0 Å². The highest BCUT2D eigenvalue weighted by molar-refractivity contribution is 5.52. The van der Waals surface area contributed by atoms with Gasteiger partial charge in [0.2, 0.25) is 0 Å². The predicted molar refractivity (Wildman–Crippen MR) is 92.8 cm³/mol. The van der Waals surface area contributed by atoms with E-state index in [0.29, 0.717) is 5.76 Å². The minimum Gasteiger partial charge on any atom is -0.423 e. The van der Waals surface area contributed by atoms with Crippen LogP contribution < -0.4 is 5.63 Å². The standard InChI is InChI=1S/C20H26O2/c1-14(11-17-12-15(2)13-19(21)22-17)8-9-18-16(3)7-6-10-20(18,4)5/h8-9,11-13H,6-7,10H2,1-5H3. The molecule has 0 amide bonds. The Morgan fingerprint density at radius 2 is 2.00 bits per heavy atom. The second kappa shape index (κ2) is 6.51. The fourth-order valence-electron chi connectivity index (χ4n) is 3.20. The third kappa shape index (κ3) is 4.09. The van der Waals surface area contributed by atoms with E-state index in [0.717, 1.165) is 11.1 Å². The molecule has 1 heterocycles. The number of allylic oxidation sites excluding steroid dienone is 5. The van der Waals surface area contributed by atoms with E-state index in [9.17, 15) is 4.79 Å². The van der Waals surface area contributed by atoms with E-state index < -0.39 is 0 Å². The van der Waals surface area contributed by atoms with Crippen molar-refractivity contribution in [3.05, 3.63) is 62.7 Å². The van der Waals surface area contributed by atoms with Crippen molar-refractivity contribution in [3.63, 3.8) is 0 Å². The van der Waals surface area contributed by atoms with Gasteiger partial charge >= 0.3 is 5.63 Å². The first-order valence-electron chi connectivity index (χ1n) is 7.96. The molecule has 0 spiro atoms. The fourth-order valence-corrected chi connectivity index (χ4v) is 3.20. The summed E-state index contributed by atoms with van der Waals surface area (Å²) in [5.41, 5.74) is 4.88. The molecule has 22 heavy (non-hydrogen) atoms. The molecule has 0 aliphatic heterocycles. The van der Waals surface area contributed by atoms with Crippen LogP contribution >= 0.6 is 0 Å². The molecule has 2 heteroatoms. The zero-order valence-corrected chi connectivity index (χ0v) is 14.3. The summed E-state index contributed by atoms with van der Waals surface area (Å²) in [7, 11) is 0. The van der Waals surface area contributed by atoms with Gasteiger partial charge in [-0.05, 0) is 74.3 Å². The van der Waals surface area contributed by atoms with Crippen molar-refractivity contribution < 1.29 is 4.42 Å². The quantitative estimate of drug-likeness (QED) is 0.696. The SMILES string of the molecule is CC(C=CC1=C(C)CCCC1(C)C)=Cc1cc(C)cc(=O)o1. The van der Waals surface area contributed by atoms with Gasteiger partial charge in [-0.2, -0.15) is 0 Å². The Kier molecular flexibility index (Phi) is 4.90. The molecule has 0 radical (unpaired) electrons. The summed E-state index contributed by atoms with van der Waals surface area (Å²) in [4.78, 5) is 11.4. The molecule has 0 fully saturated rings. The smallest absolute Gasteiger partial charge is 0.336 e. The molecular formula is C20H26O2. The molecule has 0 unspecified atom stereocenters. The Balaban J connectivity index is 2.25. The first-order chi connectivity index (χ1) is 10.3. The van der Waals surface area contributed by atoms with Crippen LogP contribution in [0.5, 0.6) is 0 Å². The normalized spacial score (nSPS) is 19.0. The lowest BCUT2D eigenvalue weighted by molar-refractivity contribution is 0.377. The molecule has 1 aliphatic rings. The van der Waals surface area contributed by atoms with Crippen LogP contribution in [0.4, 0.5) is 0 Å². The van der Waals surface area contributed by atoms with Gasteiger partial charge in [0, 0.05) is 6.07 Å². The van der Waals surface area contributed by atoms with Gasteiger partial charge < -0.3 is 4.42 Å². The van der Waals surface area contributed by atoms with E-state index >= 15 is 0 Å². The molecular weight excluding hydrogens is 272 g/mol. The van der Waals surface area contributed by atoms with E-state index in [1.807, 2.05) is 26.0 Å². The maximum Gasteiger partial charge on any atom is 0.336 e. The molecule has 1 aromatic rings. The van der Waals surface area contributed by atoms with E-state index in [4.69, 9.17) is 4.42 Å². The highest BCUT2D eigenvalue weighted by atomic mass is 16.4. The summed E-state index contributed by atoms with van der Waals surface area (Å²) in [5, 5.41) is 0. The Hall–Kier alpha value is -1.83. The molecule has 0 saturated heterocycles. The summed E-state index contributed by atoms with van der Waals surface area (Å²) in [6, 6.07) is 3.38. The molecule has 0 N–H and O–H groups in total. The molecule has 0 saturated carbocycles. The van der Waals surface area contributed by atoms with Crippen LogP contribution in [0.25, 0.3) is 6.08 Å². The summed E-state index contributed by atoms with van der Waals surface area (Å²) in [5.74, 6) is 0.612. The molecule has 0 atom stereocenters. The highest BCUT2D eigenvalue weighted by Gasteiger charge is 2.26. The van der Waals surface area contributed by atoms with E-state index in [-0.39, 0.29) is 11.0 Å². The Labute approximate surface area is 133 Å². The van der Waals surface area contributed by atoms with Gasteiger partial charge in [-0.3, -0.25) is 0 Å². The maximum absolute atomic E-state index is 11.4. The minimum absolute atomic E-state index is 0.245. The average molecular weight is 298 g/mol. The lowest BCUT2D eigenvalue weighted by atomic mass is 9.72. The maximum atomic E-state index is 11.4. The third-order valence-electron chi connectivity index (χ3n) is 4.36. The molecule has 0 aromatic carbocycles. The predicted octanol–water partition coefficient (Wildman–Crippen LogP) is 5.43. The van der Waals surface area contributed by atoms with Gasteiger partial charge in [0.25, 0.3) is 0 Å².